The van der Waals surface area contributed by atoms with Crippen LogP contribution in [0.1, 0.15) is 31.9 Å². The van der Waals surface area contributed by atoms with Crippen LogP contribution in [0.5, 0.6) is 0 Å². The van der Waals surface area contributed by atoms with Gasteiger partial charge in [0, 0.05) is 38.3 Å². The van der Waals surface area contributed by atoms with Crippen LogP contribution in [0.15, 0.2) is 36.4 Å². The van der Waals surface area contributed by atoms with Crippen LogP contribution in [-0.2, 0) is 16.1 Å². The number of hydrogen-bond acceptors (Lipinski definition) is 6. The van der Waals surface area contributed by atoms with Crippen molar-refractivity contribution >= 4 is 23.5 Å². The highest BCUT2D eigenvalue weighted by Gasteiger charge is 2.16. The fourth-order valence-corrected chi connectivity index (χ4v) is 3.10. The molecule has 6 nitrogen and oxygen atoms in total. The third-order valence-electron chi connectivity index (χ3n) is 4.70. The van der Waals surface area contributed by atoms with Gasteiger partial charge in [0.2, 0.25) is 0 Å². The summed E-state index contributed by atoms with van der Waals surface area (Å²) >= 11 is 0. The van der Waals surface area contributed by atoms with Gasteiger partial charge in [-0.1, -0.05) is 24.3 Å². The average molecular weight is 417 g/mol. The number of nitrogen functional groups attached to an aromatic ring is 1. The number of anilines is 3. The van der Waals surface area contributed by atoms with Gasteiger partial charge in [-0.05, 0) is 45.4 Å². The SMILES string of the molecule is CC(C)(C)OC=O.Cc1ccc(N2CCNCC2)c(N)c1NCc1ccccc1F. The summed E-state index contributed by atoms with van der Waals surface area (Å²) in [5.74, 6) is -0.200. The zero-order valence-electron chi connectivity index (χ0n) is 18.3. The number of rotatable bonds is 5. The molecule has 1 aliphatic heterocycles. The first-order chi connectivity index (χ1) is 14.2. The van der Waals surface area contributed by atoms with Crippen molar-refractivity contribution in [1.29, 1.82) is 0 Å². The smallest absolute Gasteiger partial charge is 0.293 e. The van der Waals surface area contributed by atoms with E-state index in [4.69, 9.17) is 5.73 Å². The molecule has 0 radical (unpaired) electrons. The second kappa shape index (κ2) is 10.8. The van der Waals surface area contributed by atoms with E-state index in [1.165, 1.54) is 6.07 Å². The van der Waals surface area contributed by atoms with Crippen molar-refractivity contribution in [3.63, 3.8) is 0 Å². The number of halogens is 1. The fraction of sp³-hybridized carbons (Fsp3) is 0.435. The van der Waals surface area contributed by atoms with Gasteiger partial charge in [-0.2, -0.15) is 0 Å². The third-order valence-corrected chi connectivity index (χ3v) is 4.70. The van der Waals surface area contributed by atoms with Crippen LogP contribution >= 0.6 is 0 Å². The molecule has 0 saturated carbocycles. The van der Waals surface area contributed by atoms with Gasteiger partial charge in [0.1, 0.15) is 11.4 Å². The van der Waals surface area contributed by atoms with Gasteiger partial charge in [0.25, 0.3) is 6.47 Å². The molecule has 7 heteroatoms. The topological polar surface area (TPSA) is 79.6 Å². The summed E-state index contributed by atoms with van der Waals surface area (Å²) in [4.78, 5) is 11.9. The predicted octanol–water partition coefficient (Wildman–Crippen LogP) is 3.70. The number of carbonyl (C=O) groups excluding carboxylic acids is 1. The summed E-state index contributed by atoms with van der Waals surface area (Å²) in [5, 5.41) is 6.65. The fourth-order valence-electron chi connectivity index (χ4n) is 3.10. The van der Waals surface area contributed by atoms with Crippen LogP contribution in [0.25, 0.3) is 0 Å². The molecule has 0 amide bonds. The van der Waals surface area contributed by atoms with Gasteiger partial charge in [-0.3, -0.25) is 4.79 Å². The normalized spacial score (nSPS) is 13.8. The quantitative estimate of drug-likeness (QED) is 0.510. The lowest BCUT2D eigenvalue weighted by molar-refractivity contribution is -0.138. The molecule has 0 spiro atoms. The Balaban J connectivity index is 0.000000396. The number of hydrogen-bond donors (Lipinski definition) is 3. The van der Waals surface area contributed by atoms with E-state index in [1.807, 2.05) is 33.8 Å². The second-order valence-corrected chi connectivity index (χ2v) is 8.20. The number of ether oxygens (including phenoxy) is 1. The third kappa shape index (κ3) is 6.91. The Morgan fingerprint density at radius 3 is 2.43 bits per heavy atom. The first-order valence-electron chi connectivity index (χ1n) is 10.2. The Morgan fingerprint density at radius 1 is 1.20 bits per heavy atom. The Morgan fingerprint density at radius 2 is 1.87 bits per heavy atom. The lowest BCUT2D eigenvalue weighted by Gasteiger charge is -2.31. The molecular weight excluding hydrogens is 383 g/mol. The second-order valence-electron chi connectivity index (χ2n) is 8.20. The maximum absolute atomic E-state index is 13.8. The highest BCUT2D eigenvalue weighted by atomic mass is 19.1. The van der Waals surface area contributed by atoms with E-state index in [2.05, 4.69) is 32.4 Å². The number of nitrogens with two attached hydrogens (primary N) is 1. The van der Waals surface area contributed by atoms with Gasteiger partial charge in [0.05, 0.1) is 17.1 Å². The molecule has 0 unspecified atom stereocenters. The predicted molar refractivity (Wildman–Crippen MR) is 121 cm³/mol. The minimum absolute atomic E-state index is 0.200. The maximum Gasteiger partial charge on any atom is 0.293 e. The number of benzene rings is 2. The summed E-state index contributed by atoms with van der Waals surface area (Å²) in [6, 6.07) is 10.9. The van der Waals surface area contributed by atoms with E-state index in [9.17, 15) is 9.18 Å². The summed E-state index contributed by atoms with van der Waals surface area (Å²) in [7, 11) is 0. The lowest BCUT2D eigenvalue weighted by atomic mass is 10.1. The number of nitrogens with zero attached hydrogens (tertiary/aromatic N) is 1. The molecule has 0 atom stereocenters. The first-order valence-corrected chi connectivity index (χ1v) is 10.2. The molecule has 30 heavy (non-hydrogen) atoms. The van der Waals surface area contributed by atoms with Crippen molar-refractivity contribution in [2.75, 3.05) is 42.1 Å². The summed E-state index contributed by atoms with van der Waals surface area (Å²) < 4.78 is 18.3. The Bertz CT molecular complexity index is 830. The first kappa shape index (κ1) is 23.5. The molecule has 164 valence electrons. The average Bonchev–Trinajstić information content (AvgIpc) is 2.69. The van der Waals surface area contributed by atoms with E-state index in [0.717, 1.165) is 48.8 Å². The van der Waals surface area contributed by atoms with Crippen molar-refractivity contribution in [3.8, 4) is 0 Å². The highest BCUT2D eigenvalue weighted by molar-refractivity contribution is 5.83. The monoisotopic (exact) mass is 416 g/mol. The van der Waals surface area contributed by atoms with Crippen molar-refractivity contribution < 1.29 is 13.9 Å². The molecule has 0 aromatic heterocycles. The van der Waals surface area contributed by atoms with Gasteiger partial charge in [-0.25, -0.2) is 4.39 Å². The lowest BCUT2D eigenvalue weighted by Crippen LogP contribution is -2.43. The number of carbonyl (C=O) groups is 1. The van der Waals surface area contributed by atoms with Gasteiger partial charge >= 0.3 is 0 Å². The molecular formula is C23H33FN4O2. The van der Waals surface area contributed by atoms with Gasteiger partial charge < -0.3 is 26.0 Å². The number of piperazine rings is 1. The van der Waals surface area contributed by atoms with E-state index in [1.54, 1.807) is 12.1 Å². The molecule has 0 aliphatic carbocycles. The number of aryl methyl sites for hydroxylation is 1. The molecule has 3 rings (SSSR count). The molecule has 1 aliphatic rings. The molecule has 2 aromatic carbocycles. The van der Waals surface area contributed by atoms with Crippen molar-refractivity contribution in [1.82, 2.24) is 5.32 Å². The van der Waals surface area contributed by atoms with Crippen LogP contribution in [-0.4, -0.2) is 38.3 Å². The van der Waals surface area contributed by atoms with Crippen molar-refractivity contribution in [3.05, 3.63) is 53.3 Å². The summed E-state index contributed by atoms with van der Waals surface area (Å²) in [5.41, 5.74) is 10.5. The molecule has 1 heterocycles. The van der Waals surface area contributed by atoms with Crippen molar-refractivity contribution in [2.45, 2.75) is 39.8 Å². The van der Waals surface area contributed by atoms with E-state index in [0.29, 0.717) is 18.6 Å². The Kier molecular flexibility index (Phi) is 8.47. The molecule has 4 N–H and O–H groups in total. The van der Waals surface area contributed by atoms with Crippen LogP contribution in [0.2, 0.25) is 0 Å². The van der Waals surface area contributed by atoms with Crippen LogP contribution in [0.3, 0.4) is 0 Å². The summed E-state index contributed by atoms with van der Waals surface area (Å²) in [6.45, 7) is 12.2. The largest absolute Gasteiger partial charge is 0.462 e. The minimum Gasteiger partial charge on any atom is -0.462 e. The van der Waals surface area contributed by atoms with E-state index >= 15 is 0 Å². The zero-order chi connectivity index (χ0) is 22.1. The summed E-state index contributed by atoms with van der Waals surface area (Å²) in [6.07, 6.45) is 0. The molecule has 0 bridgehead atoms. The van der Waals surface area contributed by atoms with Crippen LogP contribution < -0.4 is 21.3 Å². The molecule has 2 aromatic rings. The van der Waals surface area contributed by atoms with Gasteiger partial charge in [0.15, 0.2) is 0 Å². The van der Waals surface area contributed by atoms with Crippen molar-refractivity contribution in [2.24, 2.45) is 0 Å². The van der Waals surface area contributed by atoms with Crippen LogP contribution in [0, 0.1) is 12.7 Å². The molecule has 1 fully saturated rings. The van der Waals surface area contributed by atoms with E-state index in [-0.39, 0.29) is 11.4 Å². The Hall–Kier alpha value is -2.80. The zero-order valence-corrected chi connectivity index (χ0v) is 18.3. The van der Waals surface area contributed by atoms with E-state index < -0.39 is 0 Å². The standard InChI is InChI=1S/C18H23FN4.C5H10O2/c1-13-6-7-16(23-10-8-21-9-11-23)17(20)18(13)22-12-14-4-2-3-5-15(14)19;1-5(2,3)7-4-6/h2-7,21-22H,8-12,20H2,1H3;4H,1-3H3. The highest BCUT2D eigenvalue weighted by Crippen LogP contribution is 2.34. The minimum atomic E-state index is -0.318. The molecule has 1 saturated heterocycles. The maximum atomic E-state index is 13.8. The number of nitrogens with one attached hydrogen (secondary N) is 2. The van der Waals surface area contributed by atoms with Gasteiger partial charge in [-0.15, -0.1) is 0 Å². The Labute approximate surface area is 178 Å². The van der Waals surface area contributed by atoms with Crippen LogP contribution in [0.4, 0.5) is 21.5 Å².